The van der Waals surface area contributed by atoms with Gasteiger partial charge in [0.25, 0.3) is 0 Å². The zero-order valence-corrected chi connectivity index (χ0v) is 11.7. The Morgan fingerprint density at radius 3 is 2.62 bits per heavy atom. The first-order valence-corrected chi connectivity index (χ1v) is 5.98. The zero-order chi connectivity index (χ0) is 12.3. The van der Waals surface area contributed by atoms with Crippen LogP contribution in [0.5, 0.6) is 5.75 Å². The highest BCUT2D eigenvalue weighted by molar-refractivity contribution is 9.10. The van der Waals surface area contributed by atoms with Gasteiger partial charge in [-0.1, -0.05) is 15.9 Å². The normalized spacial score (nSPS) is 12.6. The monoisotopic (exact) mass is 287 g/mol. The van der Waals surface area contributed by atoms with E-state index in [-0.39, 0.29) is 0 Å². The molecule has 0 bridgehead atoms. The molecule has 1 rings (SSSR count). The van der Waals surface area contributed by atoms with Crippen molar-refractivity contribution in [1.82, 2.24) is 5.32 Å². The number of halogens is 1. The van der Waals surface area contributed by atoms with E-state index in [1.807, 2.05) is 27.0 Å². The molecule has 0 aliphatic carbocycles. The fourth-order valence-electron chi connectivity index (χ4n) is 1.95. The van der Waals surface area contributed by atoms with Gasteiger partial charge in [0.2, 0.25) is 0 Å². The summed E-state index contributed by atoms with van der Waals surface area (Å²) >= 11 is 3.49. The van der Waals surface area contributed by atoms with Gasteiger partial charge in [0, 0.05) is 16.6 Å². The van der Waals surface area contributed by atoms with Crippen LogP contribution in [0.2, 0.25) is 0 Å². The average Bonchev–Trinajstić information content (AvgIpc) is 2.17. The van der Waals surface area contributed by atoms with Crippen molar-refractivity contribution in [2.24, 2.45) is 0 Å². The highest BCUT2D eigenvalue weighted by Gasteiger charge is 2.18. The van der Waals surface area contributed by atoms with Crippen LogP contribution < -0.4 is 10.1 Å². The third-order valence-electron chi connectivity index (χ3n) is 2.64. The van der Waals surface area contributed by atoms with Crippen molar-refractivity contribution in [2.75, 3.05) is 20.7 Å². The average molecular weight is 288 g/mol. The summed E-state index contributed by atoms with van der Waals surface area (Å²) in [6, 6.07) is 1.97. The Hall–Kier alpha value is -0.580. The fourth-order valence-corrected chi connectivity index (χ4v) is 2.85. The van der Waals surface area contributed by atoms with E-state index in [2.05, 4.69) is 21.2 Å². The molecule has 1 unspecified atom stereocenters. The Bertz CT molecular complexity index is 380. The van der Waals surface area contributed by atoms with Crippen molar-refractivity contribution in [3.05, 3.63) is 27.2 Å². The fraction of sp³-hybridized carbons (Fsp3) is 0.500. The summed E-state index contributed by atoms with van der Waals surface area (Å²) in [5.41, 5.74) is 2.93. The Morgan fingerprint density at radius 1 is 1.50 bits per heavy atom. The molecule has 1 aromatic rings. The van der Waals surface area contributed by atoms with E-state index in [0.29, 0.717) is 6.54 Å². The molecule has 0 saturated carbocycles. The minimum absolute atomic E-state index is 0.519. The highest BCUT2D eigenvalue weighted by atomic mass is 79.9. The summed E-state index contributed by atoms with van der Waals surface area (Å²) in [5.74, 6) is 0.841. The van der Waals surface area contributed by atoms with Crippen LogP contribution in [0.15, 0.2) is 10.5 Å². The van der Waals surface area contributed by atoms with E-state index in [4.69, 9.17) is 4.74 Å². The maximum atomic E-state index is 10.0. The lowest BCUT2D eigenvalue weighted by Crippen LogP contribution is -2.18. The number of rotatable bonds is 4. The van der Waals surface area contributed by atoms with Crippen molar-refractivity contribution < 1.29 is 9.84 Å². The van der Waals surface area contributed by atoms with E-state index in [1.54, 1.807) is 7.11 Å². The number of benzene rings is 1. The molecule has 90 valence electrons. The number of ether oxygens (including phenoxy) is 1. The third kappa shape index (κ3) is 2.56. The molecule has 0 aromatic heterocycles. The van der Waals surface area contributed by atoms with Gasteiger partial charge in [-0.15, -0.1) is 0 Å². The molecule has 3 nitrogen and oxygen atoms in total. The molecule has 0 fully saturated rings. The van der Waals surface area contributed by atoms with E-state index >= 15 is 0 Å². The Balaban J connectivity index is 3.27. The number of nitrogens with one attached hydrogen (secondary N) is 1. The molecular weight excluding hydrogens is 270 g/mol. The molecule has 16 heavy (non-hydrogen) atoms. The molecule has 2 N–H and O–H groups in total. The van der Waals surface area contributed by atoms with Crippen LogP contribution in [0.3, 0.4) is 0 Å². The molecule has 1 atom stereocenters. The second-order valence-electron chi connectivity index (χ2n) is 3.82. The summed E-state index contributed by atoms with van der Waals surface area (Å²) in [7, 11) is 3.47. The Labute approximate surface area is 105 Å². The number of aliphatic hydroxyl groups excluding tert-OH is 1. The molecule has 4 heteroatoms. The second-order valence-corrected chi connectivity index (χ2v) is 4.68. The maximum Gasteiger partial charge on any atom is 0.125 e. The van der Waals surface area contributed by atoms with Gasteiger partial charge in [-0.05, 0) is 38.1 Å². The largest absolute Gasteiger partial charge is 0.496 e. The van der Waals surface area contributed by atoms with Gasteiger partial charge in [0.15, 0.2) is 0 Å². The topological polar surface area (TPSA) is 41.5 Å². The molecular formula is C12H18BrNO2. The summed E-state index contributed by atoms with van der Waals surface area (Å²) in [6.07, 6.45) is -0.533. The van der Waals surface area contributed by atoms with Crippen LogP contribution in [0.25, 0.3) is 0 Å². The molecule has 0 saturated heterocycles. The smallest absolute Gasteiger partial charge is 0.125 e. The Kier molecular flexibility index (Phi) is 4.77. The zero-order valence-electron chi connectivity index (χ0n) is 10.1. The summed E-state index contributed by atoms with van der Waals surface area (Å²) in [4.78, 5) is 0. The number of hydrogen-bond acceptors (Lipinski definition) is 3. The van der Waals surface area contributed by atoms with E-state index in [1.165, 1.54) is 0 Å². The molecule has 1 aromatic carbocycles. The third-order valence-corrected chi connectivity index (χ3v) is 3.29. The van der Waals surface area contributed by atoms with Crippen LogP contribution in [0.4, 0.5) is 0 Å². The highest BCUT2D eigenvalue weighted by Crippen LogP contribution is 2.35. The molecule has 0 amide bonds. The van der Waals surface area contributed by atoms with Gasteiger partial charge in [0.1, 0.15) is 5.75 Å². The van der Waals surface area contributed by atoms with Crippen molar-refractivity contribution in [3.8, 4) is 5.75 Å². The van der Waals surface area contributed by atoms with Gasteiger partial charge >= 0.3 is 0 Å². The van der Waals surface area contributed by atoms with Crippen molar-refractivity contribution in [3.63, 3.8) is 0 Å². The van der Waals surface area contributed by atoms with E-state index in [9.17, 15) is 5.11 Å². The van der Waals surface area contributed by atoms with Crippen molar-refractivity contribution in [2.45, 2.75) is 20.0 Å². The predicted octanol–water partition coefficient (Wildman–Crippen LogP) is 2.33. The first kappa shape index (κ1) is 13.5. The van der Waals surface area contributed by atoms with Gasteiger partial charge in [-0.25, -0.2) is 0 Å². The van der Waals surface area contributed by atoms with Crippen LogP contribution in [-0.2, 0) is 0 Å². The lowest BCUT2D eigenvalue weighted by Gasteiger charge is -2.19. The molecule has 0 aliphatic heterocycles. The van der Waals surface area contributed by atoms with Crippen molar-refractivity contribution in [1.29, 1.82) is 0 Å². The molecule has 0 spiro atoms. The molecule has 0 heterocycles. The van der Waals surface area contributed by atoms with Gasteiger partial charge in [0.05, 0.1) is 13.2 Å². The second kappa shape index (κ2) is 5.66. The van der Waals surface area contributed by atoms with Crippen LogP contribution >= 0.6 is 15.9 Å². The first-order chi connectivity index (χ1) is 7.52. The summed E-state index contributed by atoms with van der Waals surface area (Å²) in [5, 5.41) is 13.0. The predicted molar refractivity (Wildman–Crippen MR) is 69.1 cm³/mol. The number of aryl methyl sites for hydroxylation is 1. The van der Waals surface area contributed by atoms with Crippen LogP contribution in [-0.4, -0.2) is 25.8 Å². The maximum absolute atomic E-state index is 10.0. The minimum Gasteiger partial charge on any atom is -0.496 e. The molecule has 0 aliphatic rings. The molecule has 0 radical (unpaired) electrons. The standard InChI is InChI=1S/C12H18BrNO2/c1-7-5-9(13)11(10(15)6-14-3)8(2)12(7)16-4/h5,10,14-15H,6H2,1-4H3. The minimum atomic E-state index is -0.533. The van der Waals surface area contributed by atoms with Crippen molar-refractivity contribution >= 4 is 15.9 Å². The van der Waals surface area contributed by atoms with Gasteiger partial charge < -0.3 is 15.2 Å². The van der Waals surface area contributed by atoms with Gasteiger partial charge in [-0.2, -0.15) is 0 Å². The number of methoxy groups -OCH3 is 1. The SMILES string of the molecule is CNCC(O)c1c(Br)cc(C)c(OC)c1C. The van der Waals surface area contributed by atoms with Crippen LogP contribution in [0, 0.1) is 13.8 Å². The lowest BCUT2D eigenvalue weighted by atomic mass is 9.99. The number of aliphatic hydroxyl groups is 1. The first-order valence-electron chi connectivity index (χ1n) is 5.19. The van der Waals surface area contributed by atoms with Gasteiger partial charge in [-0.3, -0.25) is 0 Å². The summed E-state index contributed by atoms with van der Waals surface area (Å²) in [6.45, 7) is 4.47. The Morgan fingerprint density at radius 2 is 2.12 bits per heavy atom. The van der Waals surface area contributed by atoms with E-state index < -0.39 is 6.10 Å². The lowest BCUT2D eigenvalue weighted by molar-refractivity contribution is 0.176. The van der Waals surface area contributed by atoms with E-state index in [0.717, 1.165) is 26.9 Å². The summed E-state index contributed by atoms with van der Waals surface area (Å²) < 4.78 is 6.27. The van der Waals surface area contributed by atoms with Crippen LogP contribution in [0.1, 0.15) is 22.8 Å². The number of hydrogen-bond donors (Lipinski definition) is 2. The quantitative estimate of drug-likeness (QED) is 0.893. The number of likely N-dealkylation sites (N-methyl/N-ethyl adjacent to an activating group) is 1.